The van der Waals surface area contributed by atoms with Crippen LogP contribution >= 0.6 is 0 Å². The van der Waals surface area contributed by atoms with Crippen LogP contribution in [0.25, 0.3) is 0 Å². The molecule has 5 heteroatoms. The summed E-state index contributed by atoms with van der Waals surface area (Å²) < 4.78 is 0. The van der Waals surface area contributed by atoms with Gasteiger partial charge in [0.15, 0.2) is 0 Å². The summed E-state index contributed by atoms with van der Waals surface area (Å²) in [5.41, 5.74) is 0.924. The second-order valence-electron chi connectivity index (χ2n) is 5.06. The molecule has 1 atom stereocenters. The molecule has 5 nitrogen and oxygen atoms in total. The van der Waals surface area contributed by atoms with E-state index in [0.717, 1.165) is 11.4 Å². The van der Waals surface area contributed by atoms with Crippen molar-refractivity contribution in [3.8, 4) is 0 Å². The molecule has 2 heterocycles. The number of nitrogens with zero attached hydrogens (tertiary/aromatic N) is 2. The summed E-state index contributed by atoms with van der Waals surface area (Å²) in [6.45, 7) is 6.07. The average molecular weight is 261 g/mol. The molecule has 0 aromatic carbocycles. The van der Waals surface area contributed by atoms with Crippen LogP contribution in [0.5, 0.6) is 0 Å². The Hall–Kier alpha value is -1.91. The lowest BCUT2D eigenvalue weighted by Gasteiger charge is -2.42. The van der Waals surface area contributed by atoms with Gasteiger partial charge in [-0.25, -0.2) is 0 Å². The number of carbonyl (C=O) groups excluding carboxylic acids is 2. The predicted molar refractivity (Wildman–Crippen MR) is 71.2 cm³/mol. The Kier molecular flexibility index (Phi) is 3.55. The van der Waals surface area contributed by atoms with Gasteiger partial charge in [0.1, 0.15) is 5.54 Å². The molecule has 1 aromatic rings. The van der Waals surface area contributed by atoms with Crippen molar-refractivity contribution in [3.63, 3.8) is 0 Å². The third-order valence-corrected chi connectivity index (χ3v) is 3.74. The molecule has 0 bridgehead atoms. The molecule has 0 spiro atoms. The Bertz CT molecular complexity index is 515. The van der Waals surface area contributed by atoms with Crippen molar-refractivity contribution in [2.45, 2.75) is 39.3 Å². The van der Waals surface area contributed by atoms with Gasteiger partial charge in [-0.1, -0.05) is 13.0 Å². The number of aryl methyl sites for hydroxylation is 1. The zero-order chi connectivity index (χ0) is 14.0. The molecule has 2 amide bonds. The molecule has 1 fully saturated rings. The number of hydrogen-bond donors (Lipinski definition) is 1. The van der Waals surface area contributed by atoms with Crippen LogP contribution in [0.2, 0.25) is 0 Å². The molecule has 19 heavy (non-hydrogen) atoms. The smallest absolute Gasteiger partial charge is 0.246 e. The van der Waals surface area contributed by atoms with Crippen LogP contribution in [0, 0.1) is 6.92 Å². The van der Waals surface area contributed by atoms with Crippen LogP contribution in [0.4, 0.5) is 0 Å². The number of hydrogen-bond acceptors (Lipinski definition) is 3. The number of piperazine rings is 1. The minimum Gasteiger partial charge on any atom is -0.345 e. The molecule has 1 saturated heterocycles. The number of rotatable bonds is 3. The highest BCUT2D eigenvalue weighted by Crippen LogP contribution is 2.24. The van der Waals surface area contributed by atoms with Gasteiger partial charge in [0, 0.05) is 5.69 Å². The summed E-state index contributed by atoms with van der Waals surface area (Å²) in [6, 6.07) is 5.70. The van der Waals surface area contributed by atoms with E-state index in [1.165, 1.54) is 0 Å². The van der Waals surface area contributed by atoms with Crippen molar-refractivity contribution >= 4 is 11.8 Å². The average Bonchev–Trinajstić information content (AvgIpc) is 2.39. The van der Waals surface area contributed by atoms with E-state index < -0.39 is 5.54 Å². The van der Waals surface area contributed by atoms with Gasteiger partial charge in [-0.2, -0.15) is 0 Å². The molecule has 1 aliphatic rings. The topological polar surface area (TPSA) is 62.3 Å². The lowest BCUT2D eigenvalue weighted by molar-refractivity contribution is -0.153. The van der Waals surface area contributed by atoms with Crippen LogP contribution in [-0.2, 0) is 16.1 Å². The fourth-order valence-corrected chi connectivity index (χ4v) is 2.30. The van der Waals surface area contributed by atoms with E-state index in [1.807, 2.05) is 32.0 Å². The van der Waals surface area contributed by atoms with Crippen molar-refractivity contribution in [1.29, 1.82) is 0 Å². The number of carbonyl (C=O) groups is 2. The molecule has 1 N–H and O–H groups in total. The Balaban J connectivity index is 2.29. The van der Waals surface area contributed by atoms with Gasteiger partial charge in [-0.05, 0) is 32.4 Å². The Labute approximate surface area is 113 Å². The maximum absolute atomic E-state index is 12.1. The molecule has 1 aliphatic heterocycles. The van der Waals surface area contributed by atoms with Gasteiger partial charge in [0.25, 0.3) is 0 Å². The number of nitrogens with one attached hydrogen (secondary N) is 1. The summed E-state index contributed by atoms with van der Waals surface area (Å²) in [7, 11) is 0. The zero-order valence-electron chi connectivity index (χ0n) is 11.6. The first-order valence-electron chi connectivity index (χ1n) is 6.48. The predicted octanol–water partition coefficient (Wildman–Crippen LogP) is 1.02. The molecular formula is C14H19N3O2. The first-order chi connectivity index (χ1) is 8.97. The third-order valence-electron chi connectivity index (χ3n) is 3.74. The minimum atomic E-state index is -0.791. The second-order valence-corrected chi connectivity index (χ2v) is 5.06. The highest BCUT2D eigenvalue weighted by Gasteiger charge is 2.44. The first-order valence-corrected chi connectivity index (χ1v) is 6.48. The SMILES string of the molecule is CCC1(C)C(=O)NCC(=O)N1Cc1cccc(C)n1. The van der Waals surface area contributed by atoms with Crippen molar-refractivity contribution in [2.24, 2.45) is 0 Å². The Morgan fingerprint density at radius 3 is 2.79 bits per heavy atom. The molecule has 2 rings (SSSR count). The van der Waals surface area contributed by atoms with Crippen LogP contribution in [-0.4, -0.2) is 33.8 Å². The summed E-state index contributed by atoms with van der Waals surface area (Å²) in [6.07, 6.45) is 0.580. The van der Waals surface area contributed by atoms with Gasteiger partial charge >= 0.3 is 0 Å². The zero-order valence-corrected chi connectivity index (χ0v) is 11.6. The van der Waals surface area contributed by atoms with E-state index in [4.69, 9.17) is 0 Å². The molecule has 0 aliphatic carbocycles. The van der Waals surface area contributed by atoms with Crippen molar-refractivity contribution in [3.05, 3.63) is 29.6 Å². The molecular weight excluding hydrogens is 242 g/mol. The number of aromatic nitrogens is 1. The summed E-state index contributed by atoms with van der Waals surface area (Å²) in [5.74, 6) is -0.158. The monoisotopic (exact) mass is 261 g/mol. The third kappa shape index (κ3) is 2.45. The molecule has 0 radical (unpaired) electrons. The van der Waals surface area contributed by atoms with Crippen LogP contribution in [0.15, 0.2) is 18.2 Å². The minimum absolute atomic E-state index is 0.0627. The summed E-state index contributed by atoms with van der Waals surface area (Å²) in [5, 5.41) is 2.65. The van der Waals surface area contributed by atoms with Crippen LogP contribution in [0.3, 0.4) is 0 Å². The highest BCUT2D eigenvalue weighted by atomic mass is 16.2. The van der Waals surface area contributed by atoms with Gasteiger partial charge in [0.2, 0.25) is 11.8 Å². The lowest BCUT2D eigenvalue weighted by Crippen LogP contribution is -2.65. The molecule has 1 aromatic heterocycles. The molecule has 102 valence electrons. The van der Waals surface area contributed by atoms with Crippen molar-refractivity contribution in [2.75, 3.05) is 6.54 Å². The lowest BCUT2D eigenvalue weighted by atomic mass is 9.92. The first kappa shape index (κ1) is 13.5. The Morgan fingerprint density at radius 2 is 2.16 bits per heavy atom. The fraction of sp³-hybridized carbons (Fsp3) is 0.500. The van der Waals surface area contributed by atoms with Crippen LogP contribution < -0.4 is 5.32 Å². The van der Waals surface area contributed by atoms with E-state index >= 15 is 0 Å². The van der Waals surface area contributed by atoms with Gasteiger partial charge in [0.05, 0.1) is 18.8 Å². The number of amides is 2. The van der Waals surface area contributed by atoms with Crippen molar-refractivity contribution < 1.29 is 9.59 Å². The van der Waals surface area contributed by atoms with E-state index in [-0.39, 0.29) is 18.4 Å². The maximum atomic E-state index is 12.1. The van der Waals surface area contributed by atoms with Crippen LogP contribution in [0.1, 0.15) is 31.7 Å². The van der Waals surface area contributed by atoms with Gasteiger partial charge < -0.3 is 10.2 Å². The van der Waals surface area contributed by atoms with E-state index in [2.05, 4.69) is 10.3 Å². The standard InChI is InChI=1S/C14H19N3O2/c1-4-14(3)13(19)15-8-12(18)17(14)9-11-7-5-6-10(2)16-11/h5-7H,4,8-9H2,1-3H3,(H,15,19). The highest BCUT2D eigenvalue weighted by molar-refractivity contribution is 5.97. The number of pyridine rings is 1. The van der Waals surface area contributed by atoms with Gasteiger partial charge in [-0.3, -0.25) is 14.6 Å². The maximum Gasteiger partial charge on any atom is 0.246 e. The molecule has 0 saturated carbocycles. The van der Waals surface area contributed by atoms with E-state index in [0.29, 0.717) is 13.0 Å². The van der Waals surface area contributed by atoms with Gasteiger partial charge in [-0.15, -0.1) is 0 Å². The normalized spacial score (nSPS) is 23.4. The van der Waals surface area contributed by atoms with E-state index in [1.54, 1.807) is 11.8 Å². The quantitative estimate of drug-likeness (QED) is 0.883. The fourth-order valence-electron chi connectivity index (χ4n) is 2.30. The largest absolute Gasteiger partial charge is 0.345 e. The summed E-state index contributed by atoms with van der Waals surface area (Å²) >= 11 is 0. The van der Waals surface area contributed by atoms with Crippen molar-refractivity contribution in [1.82, 2.24) is 15.2 Å². The Morgan fingerprint density at radius 1 is 1.42 bits per heavy atom. The van der Waals surface area contributed by atoms with E-state index in [9.17, 15) is 9.59 Å². The molecule has 1 unspecified atom stereocenters. The second kappa shape index (κ2) is 4.99. The summed E-state index contributed by atoms with van der Waals surface area (Å²) in [4.78, 5) is 30.2.